The van der Waals surface area contributed by atoms with Crippen LogP contribution in [-0.4, -0.2) is 40.9 Å². The largest absolute Gasteiger partial charge is 0.298 e. The minimum atomic E-state index is -0.329. The Labute approximate surface area is 116 Å². The standard InChI is InChI=1S/C11H20N4OS2/c1-8(4-5-17-3)15(2)6-9-7-18-11(13-9)10(16)14-12/h7-8H,4-6,12H2,1-3H3,(H,14,16). The van der Waals surface area contributed by atoms with Crippen LogP contribution in [0.4, 0.5) is 0 Å². The van der Waals surface area contributed by atoms with E-state index >= 15 is 0 Å². The van der Waals surface area contributed by atoms with Crippen LogP contribution in [0.3, 0.4) is 0 Å². The van der Waals surface area contributed by atoms with Crippen molar-refractivity contribution in [3.05, 3.63) is 16.1 Å². The van der Waals surface area contributed by atoms with Gasteiger partial charge in [-0.3, -0.25) is 15.1 Å². The molecule has 0 aromatic carbocycles. The first kappa shape index (κ1) is 15.4. The zero-order valence-corrected chi connectivity index (χ0v) is 12.6. The maximum Gasteiger partial charge on any atom is 0.294 e. The summed E-state index contributed by atoms with van der Waals surface area (Å²) in [7, 11) is 2.08. The van der Waals surface area contributed by atoms with Gasteiger partial charge >= 0.3 is 0 Å². The van der Waals surface area contributed by atoms with E-state index in [9.17, 15) is 4.79 Å². The number of carbonyl (C=O) groups is 1. The van der Waals surface area contributed by atoms with Crippen molar-refractivity contribution >= 4 is 29.0 Å². The number of nitrogens with one attached hydrogen (secondary N) is 1. The Bertz CT molecular complexity index is 383. The van der Waals surface area contributed by atoms with Gasteiger partial charge in [-0.2, -0.15) is 11.8 Å². The zero-order chi connectivity index (χ0) is 13.5. The minimum Gasteiger partial charge on any atom is -0.298 e. The lowest BCUT2D eigenvalue weighted by molar-refractivity contribution is 0.0953. The normalized spacial score (nSPS) is 12.7. The second-order valence-corrected chi connectivity index (χ2v) is 6.01. The van der Waals surface area contributed by atoms with Gasteiger partial charge in [-0.1, -0.05) is 0 Å². The van der Waals surface area contributed by atoms with Crippen molar-refractivity contribution in [3.8, 4) is 0 Å². The van der Waals surface area contributed by atoms with Crippen LogP contribution in [0.25, 0.3) is 0 Å². The van der Waals surface area contributed by atoms with Crippen molar-refractivity contribution in [1.82, 2.24) is 15.3 Å². The first-order valence-electron chi connectivity index (χ1n) is 5.73. The lowest BCUT2D eigenvalue weighted by atomic mass is 10.2. The Morgan fingerprint density at radius 3 is 3.06 bits per heavy atom. The lowest BCUT2D eigenvalue weighted by Crippen LogP contribution is -2.30. The number of carbonyl (C=O) groups excluding carboxylic acids is 1. The van der Waals surface area contributed by atoms with Gasteiger partial charge in [0.05, 0.1) is 5.69 Å². The summed E-state index contributed by atoms with van der Waals surface area (Å²) >= 11 is 3.18. The van der Waals surface area contributed by atoms with Crippen molar-refractivity contribution in [1.29, 1.82) is 0 Å². The van der Waals surface area contributed by atoms with Crippen LogP contribution >= 0.6 is 23.1 Å². The fourth-order valence-electron chi connectivity index (χ4n) is 1.47. The van der Waals surface area contributed by atoms with Crippen molar-refractivity contribution < 1.29 is 4.79 Å². The molecule has 18 heavy (non-hydrogen) atoms. The van der Waals surface area contributed by atoms with E-state index in [1.165, 1.54) is 11.3 Å². The van der Waals surface area contributed by atoms with Gasteiger partial charge in [-0.25, -0.2) is 10.8 Å². The number of aromatic nitrogens is 1. The highest BCUT2D eigenvalue weighted by Gasteiger charge is 2.13. The number of thioether (sulfide) groups is 1. The Morgan fingerprint density at radius 1 is 1.72 bits per heavy atom. The average Bonchev–Trinajstić information content (AvgIpc) is 2.83. The molecule has 0 saturated carbocycles. The molecule has 1 unspecified atom stereocenters. The molecule has 1 aromatic heterocycles. The molecule has 102 valence electrons. The number of amides is 1. The molecule has 1 aromatic rings. The van der Waals surface area contributed by atoms with Crippen molar-refractivity contribution in [2.75, 3.05) is 19.1 Å². The maximum absolute atomic E-state index is 11.3. The van der Waals surface area contributed by atoms with E-state index < -0.39 is 0 Å². The molecule has 1 atom stereocenters. The van der Waals surface area contributed by atoms with Gasteiger partial charge in [0, 0.05) is 18.0 Å². The van der Waals surface area contributed by atoms with E-state index in [4.69, 9.17) is 5.84 Å². The molecule has 0 aliphatic rings. The fraction of sp³-hybridized carbons (Fsp3) is 0.636. The predicted molar refractivity (Wildman–Crippen MR) is 77.7 cm³/mol. The molecular weight excluding hydrogens is 268 g/mol. The van der Waals surface area contributed by atoms with Crippen LogP contribution in [0.5, 0.6) is 0 Å². The number of nitrogens with two attached hydrogens (primary N) is 1. The summed E-state index contributed by atoms with van der Waals surface area (Å²) < 4.78 is 0. The molecule has 1 amide bonds. The Hall–Kier alpha value is -0.630. The highest BCUT2D eigenvalue weighted by molar-refractivity contribution is 7.98. The van der Waals surface area contributed by atoms with Gasteiger partial charge in [0.25, 0.3) is 5.91 Å². The van der Waals surface area contributed by atoms with Crippen molar-refractivity contribution in [3.63, 3.8) is 0 Å². The number of thiazole rings is 1. The Morgan fingerprint density at radius 2 is 2.44 bits per heavy atom. The van der Waals surface area contributed by atoms with Gasteiger partial charge in [-0.15, -0.1) is 11.3 Å². The van der Waals surface area contributed by atoms with Crippen LogP contribution in [-0.2, 0) is 6.54 Å². The molecule has 0 aliphatic carbocycles. The third kappa shape index (κ3) is 4.56. The molecule has 1 rings (SSSR count). The molecule has 0 fully saturated rings. The van der Waals surface area contributed by atoms with Gasteiger partial charge < -0.3 is 0 Å². The Kier molecular flexibility index (Phi) is 6.62. The molecule has 0 aliphatic heterocycles. The number of rotatable bonds is 7. The maximum atomic E-state index is 11.3. The minimum absolute atomic E-state index is 0.329. The van der Waals surface area contributed by atoms with Crippen molar-refractivity contribution in [2.24, 2.45) is 5.84 Å². The van der Waals surface area contributed by atoms with Crippen LogP contribution in [0.15, 0.2) is 5.38 Å². The Balaban J connectivity index is 2.51. The molecule has 5 nitrogen and oxygen atoms in total. The summed E-state index contributed by atoms with van der Waals surface area (Å²) in [5, 5.41) is 2.32. The molecule has 0 saturated heterocycles. The second kappa shape index (κ2) is 7.73. The number of hydrazine groups is 1. The van der Waals surface area contributed by atoms with E-state index in [0.29, 0.717) is 11.0 Å². The number of nitrogen functional groups attached to an aromatic ring is 1. The van der Waals surface area contributed by atoms with E-state index in [1.54, 1.807) is 0 Å². The molecule has 0 bridgehead atoms. The summed E-state index contributed by atoms with van der Waals surface area (Å²) in [5.74, 6) is 5.90. The van der Waals surface area contributed by atoms with Crippen LogP contribution in [0.1, 0.15) is 28.8 Å². The number of hydrogen-bond donors (Lipinski definition) is 2. The zero-order valence-electron chi connectivity index (χ0n) is 11.0. The van der Waals surface area contributed by atoms with E-state index in [2.05, 4.69) is 35.5 Å². The summed E-state index contributed by atoms with van der Waals surface area (Å²) in [6.07, 6.45) is 3.27. The molecule has 1 heterocycles. The fourth-order valence-corrected chi connectivity index (χ4v) is 2.75. The first-order chi connectivity index (χ1) is 8.58. The quantitative estimate of drug-likeness (QED) is 0.450. The molecule has 0 radical (unpaired) electrons. The topological polar surface area (TPSA) is 71.2 Å². The summed E-state index contributed by atoms with van der Waals surface area (Å²) in [6, 6.07) is 0.505. The van der Waals surface area contributed by atoms with E-state index in [0.717, 1.165) is 24.4 Å². The highest BCUT2D eigenvalue weighted by atomic mass is 32.2. The number of hydrogen-bond acceptors (Lipinski definition) is 6. The molecular formula is C11H20N4OS2. The van der Waals surface area contributed by atoms with Gasteiger partial charge in [0.1, 0.15) is 0 Å². The molecule has 0 spiro atoms. The van der Waals surface area contributed by atoms with Gasteiger partial charge in [-0.05, 0) is 32.4 Å². The first-order valence-corrected chi connectivity index (χ1v) is 8.00. The van der Waals surface area contributed by atoms with Crippen molar-refractivity contribution in [2.45, 2.75) is 25.9 Å². The second-order valence-electron chi connectivity index (χ2n) is 4.16. The van der Waals surface area contributed by atoms with Gasteiger partial charge in [0.2, 0.25) is 0 Å². The lowest BCUT2D eigenvalue weighted by Gasteiger charge is -2.23. The van der Waals surface area contributed by atoms with Crippen LogP contribution < -0.4 is 11.3 Å². The molecule has 7 heteroatoms. The van der Waals surface area contributed by atoms with Crippen LogP contribution in [0, 0.1) is 0 Å². The molecule has 3 N–H and O–H groups in total. The highest BCUT2D eigenvalue weighted by Crippen LogP contribution is 2.14. The summed E-state index contributed by atoms with van der Waals surface area (Å²) in [4.78, 5) is 17.8. The predicted octanol–water partition coefficient (Wildman–Crippen LogP) is 1.32. The smallest absolute Gasteiger partial charge is 0.294 e. The third-order valence-electron chi connectivity index (χ3n) is 2.78. The monoisotopic (exact) mass is 288 g/mol. The van der Waals surface area contributed by atoms with E-state index in [-0.39, 0.29) is 5.91 Å². The van der Waals surface area contributed by atoms with E-state index in [1.807, 2.05) is 17.1 Å². The average molecular weight is 288 g/mol. The summed E-state index contributed by atoms with van der Waals surface area (Å²) in [6.45, 7) is 2.96. The van der Waals surface area contributed by atoms with Gasteiger partial charge in [0.15, 0.2) is 5.01 Å². The number of nitrogens with zero attached hydrogens (tertiary/aromatic N) is 2. The third-order valence-corrected chi connectivity index (χ3v) is 4.31. The summed E-state index contributed by atoms with van der Waals surface area (Å²) in [5.41, 5.74) is 3.01. The van der Waals surface area contributed by atoms with Crippen LogP contribution in [0.2, 0.25) is 0 Å². The SMILES string of the molecule is CSCCC(C)N(C)Cc1csc(C(=O)NN)n1.